The molecule has 1 aliphatic rings. The summed E-state index contributed by atoms with van der Waals surface area (Å²) in [5, 5.41) is 6.23. The monoisotopic (exact) mass is 1070 g/mol. The molecular formula is C77H78O4. The molecule has 0 spiro atoms. The van der Waals surface area contributed by atoms with Gasteiger partial charge in [-0.3, -0.25) is 4.79 Å². The highest BCUT2D eigenvalue weighted by atomic mass is 16.5. The molecule has 0 aliphatic heterocycles. The van der Waals surface area contributed by atoms with Crippen molar-refractivity contribution in [3.8, 4) is 110 Å². The van der Waals surface area contributed by atoms with E-state index >= 15 is 0 Å². The van der Waals surface area contributed by atoms with Crippen molar-refractivity contribution < 1.29 is 19.0 Å². The molecular weight excluding hydrogens is 989 g/mol. The van der Waals surface area contributed by atoms with Crippen molar-refractivity contribution in [3.63, 3.8) is 0 Å². The quantitative estimate of drug-likeness (QED) is 0.0188. The highest BCUT2D eigenvalue weighted by Crippen LogP contribution is 2.55. The minimum absolute atomic E-state index is 0.00468. The number of unbranched alkanes of at least 4 members (excludes halogenated alkanes) is 11. The maximum atomic E-state index is 13.1. The van der Waals surface area contributed by atoms with E-state index in [1.165, 1.54) is 123 Å². The minimum atomic E-state index is -0.587. The first-order valence-electron chi connectivity index (χ1n) is 30.0. The molecule has 0 N–H and O–H groups in total. The largest absolute Gasteiger partial charge is 0.494 e. The molecule has 0 bridgehead atoms. The molecule has 0 aromatic heterocycles. The summed E-state index contributed by atoms with van der Waals surface area (Å²) in [6.07, 6.45) is 28.3. The van der Waals surface area contributed by atoms with Crippen molar-refractivity contribution in [1.29, 1.82) is 0 Å². The summed E-state index contributed by atoms with van der Waals surface area (Å²) in [6, 6.07) is 51.0. The van der Waals surface area contributed by atoms with E-state index in [0.29, 0.717) is 24.5 Å². The summed E-state index contributed by atoms with van der Waals surface area (Å²) in [4.78, 5) is 13.1. The standard InChI is InChI=1S/C77H78O4/c1-8-13-17-21-23-29-49-79-62-43-46-68-69(54-62)73(57-35-33-56(34-36-57)60-40-44-66-65-31-25-26-32-71(65)77(72(66)53-60,47-27-19-15-10-3)48-28-20-16-11-4)67-45-42-63(80-50-30-24-22-18-14-9-2)55-70(67)74(68)61-38-37-59-52-64(41-39-58(59)51-61)81-75(78)76(6,7)12-5/h2,25-26,31-46,51-55H,8,10-13,15-17,19-21,23,27-29,47-49H2,1,3-7H3. The van der Waals surface area contributed by atoms with Gasteiger partial charge >= 0.3 is 5.97 Å². The number of terminal acetylenes is 1. The van der Waals surface area contributed by atoms with E-state index in [-0.39, 0.29) is 11.4 Å². The second-order valence-corrected chi connectivity index (χ2v) is 22.7. The van der Waals surface area contributed by atoms with Crippen LogP contribution in [0.1, 0.15) is 162 Å². The molecule has 4 heteroatoms. The molecule has 8 aromatic carbocycles. The van der Waals surface area contributed by atoms with Gasteiger partial charge in [0.1, 0.15) is 23.4 Å². The summed E-state index contributed by atoms with van der Waals surface area (Å²) < 4.78 is 18.6. The number of carbonyl (C=O) groups is 1. The van der Waals surface area contributed by atoms with Gasteiger partial charge in [-0.05, 0) is 200 Å². The van der Waals surface area contributed by atoms with Crippen LogP contribution in [0.2, 0.25) is 0 Å². The van der Waals surface area contributed by atoms with Crippen LogP contribution >= 0.6 is 0 Å². The van der Waals surface area contributed by atoms with Crippen LogP contribution in [0.15, 0.2) is 140 Å². The molecule has 0 saturated carbocycles. The Morgan fingerprint density at radius 2 is 1.04 bits per heavy atom. The van der Waals surface area contributed by atoms with Crippen LogP contribution in [0.4, 0.5) is 0 Å². The Morgan fingerprint density at radius 1 is 0.481 bits per heavy atom. The van der Waals surface area contributed by atoms with Gasteiger partial charge in [-0.2, -0.15) is 0 Å². The Hall–Kier alpha value is -8.15. The molecule has 8 aromatic rings. The molecule has 410 valence electrons. The Kier molecular flexibility index (Phi) is 19.4. The van der Waals surface area contributed by atoms with Gasteiger partial charge < -0.3 is 14.2 Å². The lowest BCUT2D eigenvalue weighted by Gasteiger charge is -2.33. The molecule has 0 radical (unpaired) electrons. The predicted molar refractivity (Wildman–Crippen MR) is 340 cm³/mol. The summed E-state index contributed by atoms with van der Waals surface area (Å²) in [5.41, 5.74) is 12.0. The molecule has 0 atom stereocenters. The van der Waals surface area contributed by atoms with Crippen LogP contribution in [-0.2, 0) is 10.2 Å². The van der Waals surface area contributed by atoms with Gasteiger partial charge in [-0.15, -0.1) is 6.42 Å². The van der Waals surface area contributed by atoms with Crippen LogP contribution in [0.25, 0.3) is 76.8 Å². The second-order valence-electron chi connectivity index (χ2n) is 22.7. The minimum Gasteiger partial charge on any atom is -0.494 e. The van der Waals surface area contributed by atoms with Crippen molar-refractivity contribution >= 4 is 38.3 Å². The first kappa shape index (κ1) is 57.5. The van der Waals surface area contributed by atoms with E-state index in [2.05, 4.69) is 178 Å². The van der Waals surface area contributed by atoms with E-state index < -0.39 is 5.41 Å². The van der Waals surface area contributed by atoms with E-state index in [0.717, 1.165) is 73.2 Å². The van der Waals surface area contributed by atoms with Crippen LogP contribution in [0.3, 0.4) is 0 Å². The van der Waals surface area contributed by atoms with Crippen molar-refractivity contribution in [2.75, 3.05) is 6.61 Å². The number of hydrogen-bond acceptors (Lipinski definition) is 4. The summed E-state index contributed by atoms with van der Waals surface area (Å²) >= 11 is 0. The zero-order valence-corrected chi connectivity index (χ0v) is 48.7. The van der Waals surface area contributed by atoms with E-state index in [1.54, 1.807) is 0 Å². The van der Waals surface area contributed by atoms with Gasteiger partial charge in [0.2, 0.25) is 0 Å². The SMILES string of the molecule is C#CC#CC#CC#COc1ccc2c(-c3ccc(-c4ccc5c(c4)C(CCCCCC)(CCCCCC)c4ccccc4-5)cc3)c3cc(OCCCCCCCC)ccc3c(-c3ccc4cc(OC(=O)C(C)(C)CC)ccc4c3)c2c1. The van der Waals surface area contributed by atoms with Gasteiger partial charge in [-0.25, -0.2) is 0 Å². The lowest BCUT2D eigenvalue weighted by atomic mass is 9.70. The highest BCUT2D eigenvalue weighted by molar-refractivity contribution is 6.22. The smallest absolute Gasteiger partial charge is 0.316 e. The van der Waals surface area contributed by atoms with Crippen LogP contribution in [0.5, 0.6) is 17.2 Å². The topological polar surface area (TPSA) is 44.8 Å². The average Bonchev–Trinajstić information content (AvgIpc) is 4.05. The zero-order valence-electron chi connectivity index (χ0n) is 48.7. The fourth-order valence-corrected chi connectivity index (χ4v) is 11.9. The fourth-order valence-electron chi connectivity index (χ4n) is 11.9. The number of carbonyl (C=O) groups excluding carboxylic acids is 1. The number of ether oxygens (including phenoxy) is 3. The van der Waals surface area contributed by atoms with Crippen molar-refractivity contribution in [2.24, 2.45) is 5.41 Å². The van der Waals surface area contributed by atoms with Crippen LogP contribution in [-0.4, -0.2) is 12.6 Å². The van der Waals surface area contributed by atoms with Gasteiger partial charge in [-0.1, -0.05) is 196 Å². The molecule has 0 amide bonds. The van der Waals surface area contributed by atoms with Crippen LogP contribution in [0, 0.1) is 53.5 Å². The van der Waals surface area contributed by atoms with Gasteiger partial charge in [0, 0.05) is 23.2 Å². The third-order valence-corrected chi connectivity index (χ3v) is 16.8. The molecule has 1 aliphatic carbocycles. The van der Waals surface area contributed by atoms with Gasteiger partial charge in [0.15, 0.2) is 0 Å². The van der Waals surface area contributed by atoms with Crippen molar-refractivity contribution in [3.05, 3.63) is 151 Å². The number of esters is 1. The molecule has 0 fully saturated rings. The van der Waals surface area contributed by atoms with Gasteiger partial charge in [0.25, 0.3) is 0 Å². The first-order valence-corrected chi connectivity index (χ1v) is 30.0. The average molecular weight is 1070 g/mol. The molecule has 9 rings (SSSR count). The number of rotatable bonds is 25. The predicted octanol–water partition coefficient (Wildman–Crippen LogP) is 20.4. The summed E-state index contributed by atoms with van der Waals surface area (Å²) in [7, 11) is 0. The van der Waals surface area contributed by atoms with E-state index in [4.69, 9.17) is 20.6 Å². The van der Waals surface area contributed by atoms with E-state index in [1.807, 2.05) is 45.0 Å². The molecule has 0 unspecified atom stereocenters. The van der Waals surface area contributed by atoms with Crippen LogP contribution < -0.4 is 14.2 Å². The number of fused-ring (bicyclic) bond motifs is 6. The van der Waals surface area contributed by atoms with Gasteiger partial charge in [0.05, 0.1) is 12.0 Å². The zero-order chi connectivity index (χ0) is 56.6. The molecule has 0 heterocycles. The lowest BCUT2D eigenvalue weighted by Crippen LogP contribution is -2.28. The normalized spacial score (nSPS) is 12.1. The lowest BCUT2D eigenvalue weighted by molar-refractivity contribution is -0.144. The fraction of sp³-hybridized carbons (Fsp3) is 0.338. The van der Waals surface area contributed by atoms with Crippen molar-refractivity contribution in [1.82, 2.24) is 0 Å². The third kappa shape index (κ3) is 13.2. The first-order chi connectivity index (χ1) is 39.6. The molecule has 81 heavy (non-hydrogen) atoms. The second kappa shape index (κ2) is 27.3. The Labute approximate surface area is 483 Å². The molecule has 0 saturated heterocycles. The maximum Gasteiger partial charge on any atom is 0.316 e. The van der Waals surface area contributed by atoms with Crippen molar-refractivity contribution in [2.45, 2.75) is 156 Å². The summed E-state index contributed by atoms with van der Waals surface area (Å²) in [6.45, 7) is 13.4. The number of benzene rings is 8. The number of hydrogen-bond donors (Lipinski definition) is 0. The Morgan fingerprint density at radius 3 is 1.75 bits per heavy atom. The Balaban J connectivity index is 1.17. The maximum absolute atomic E-state index is 13.1. The molecule has 4 nitrogen and oxygen atoms in total. The summed E-state index contributed by atoms with van der Waals surface area (Å²) in [5.74, 6) is 17.2. The Bertz CT molecular complexity index is 3760. The third-order valence-electron chi connectivity index (χ3n) is 16.8. The van der Waals surface area contributed by atoms with E-state index in [9.17, 15) is 4.79 Å². The highest BCUT2D eigenvalue weighted by Gasteiger charge is 2.42.